The Kier molecular flexibility index (Phi) is 9.35. The Labute approximate surface area is 252 Å². The lowest BCUT2D eigenvalue weighted by molar-refractivity contribution is -0.128. The van der Waals surface area contributed by atoms with E-state index < -0.39 is 6.04 Å². The standard InChI is InChI=1S/C31H30FN5O5S/c1-41-25-12-9-19(15-26(25)42-2)13-14-33-28(39)18-43-31-36-23-6-4-3-5-22(23)29-35-24(30(40)37(29)31)16-27(38)34-17-20-7-10-21(32)11-8-20/h3-12,15,24H,13-14,16-18H2,1-2H3,(H,33,39)(H,34,38)/t24-/m0/s1. The van der Waals surface area contributed by atoms with Crippen LogP contribution in [-0.4, -0.2) is 66.2 Å². The first-order valence-corrected chi connectivity index (χ1v) is 14.6. The van der Waals surface area contributed by atoms with E-state index in [1.54, 1.807) is 26.4 Å². The van der Waals surface area contributed by atoms with E-state index in [2.05, 4.69) is 20.6 Å². The van der Waals surface area contributed by atoms with Gasteiger partial charge in [0.2, 0.25) is 11.8 Å². The number of ether oxygens (including phenoxy) is 2. The van der Waals surface area contributed by atoms with Gasteiger partial charge in [0, 0.05) is 18.7 Å². The van der Waals surface area contributed by atoms with E-state index in [0.29, 0.717) is 46.7 Å². The van der Waals surface area contributed by atoms with Crippen molar-refractivity contribution in [3.63, 3.8) is 0 Å². The molecule has 43 heavy (non-hydrogen) atoms. The first kappa shape index (κ1) is 29.8. The predicted octanol–water partition coefficient (Wildman–Crippen LogP) is 3.60. The van der Waals surface area contributed by atoms with Gasteiger partial charge in [0.1, 0.15) is 17.7 Å². The third-order valence-corrected chi connectivity index (χ3v) is 7.78. The number of fused-ring (bicyclic) bond motifs is 3. The average molecular weight is 604 g/mol. The summed E-state index contributed by atoms with van der Waals surface area (Å²) in [7, 11) is 3.14. The number of benzene rings is 3. The Morgan fingerprint density at radius 2 is 1.70 bits per heavy atom. The number of thioether (sulfide) groups is 1. The second-order valence-corrected chi connectivity index (χ2v) is 10.7. The zero-order valence-electron chi connectivity index (χ0n) is 23.6. The fourth-order valence-electron chi connectivity index (χ4n) is 4.65. The number of nitrogens with zero attached hydrogens (tertiary/aromatic N) is 3. The van der Waals surface area contributed by atoms with Gasteiger partial charge in [0.15, 0.2) is 16.7 Å². The molecular formula is C31H30FN5O5S. The number of carbonyl (C=O) groups is 3. The topological polar surface area (TPSA) is 122 Å². The molecule has 3 aromatic carbocycles. The first-order valence-electron chi connectivity index (χ1n) is 13.6. The number of rotatable bonds is 11. The van der Waals surface area contributed by atoms with Gasteiger partial charge in [0.25, 0.3) is 5.91 Å². The van der Waals surface area contributed by atoms with Crippen molar-refractivity contribution in [3.8, 4) is 11.5 Å². The smallest absolute Gasteiger partial charge is 0.259 e. The Hall–Kier alpha value is -4.71. The number of hydrogen-bond donors (Lipinski definition) is 2. The zero-order valence-corrected chi connectivity index (χ0v) is 24.4. The van der Waals surface area contributed by atoms with Crippen LogP contribution in [0.1, 0.15) is 23.1 Å². The minimum Gasteiger partial charge on any atom is -0.493 e. The van der Waals surface area contributed by atoms with Crippen LogP contribution >= 0.6 is 11.8 Å². The minimum atomic E-state index is -0.935. The average Bonchev–Trinajstić information content (AvgIpc) is 3.35. The summed E-state index contributed by atoms with van der Waals surface area (Å²) in [5.74, 6) is 0.371. The molecule has 10 nitrogen and oxygen atoms in total. The normalized spacial score (nSPS) is 15.2. The number of carbonyl (C=O) groups excluding carboxylic acids is 3. The lowest BCUT2D eigenvalue weighted by Crippen LogP contribution is -2.42. The molecule has 0 fully saturated rings. The van der Waals surface area contributed by atoms with Crippen LogP contribution in [0.2, 0.25) is 0 Å². The van der Waals surface area contributed by atoms with Crippen LogP contribution in [0.5, 0.6) is 11.5 Å². The predicted molar refractivity (Wildman–Crippen MR) is 162 cm³/mol. The van der Waals surface area contributed by atoms with Gasteiger partial charge in [-0.3, -0.25) is 19.4 Å². The van der Waals surface area contributed by atoms with Crippen LogP contribution in [0.3, 0.4) is 0 Å². The lowest BCUT2D eigenvalue weighted by atomic mass is 10.1. The minimum absolute atomic E-state index is 0.0345. The molecule has 0 saturated carbocycles. The Morgan fingerprint density at radius 1 is 0.953 bits per heavy atom. The van der Waals surface area contributed by atoms with Crippen molar-refractivity contribution in [2.24, 2.45) is 9.98 Å². The molecule has 0 bridgehead atoms. The highest BCUT2D eigenvalue weighted by atomic mass is 32.2. The highest BCUT2D eigenvalue weighted by Gasteiger charge is 2.42. The summed E-state index contributed by atoms with van der Waals surface area (Å²) in [6.07, 6.45) is 0.439. The third kappa shape index (κ3) is 7.03. The van der Waals surface area contributed by atoms with E-state index in [9.17, 15) is 18.8 Å². The second-order valence-electron chi connectivity index (χ2n) is 9.74. The third-order valence-electron chi connectivity index (χ3n) is 6.85. The highest BCUT2D eigenvalue weighted by Crippen LogP contribution is 2.34. The second kappa shape index (κ2) is 13.5. The summed E-state index contributed by atoms with van der Waals surface area (Å²) < 4.78 is 23.8. The van der Waals surface area contributed by atoms with Crippen LogP contribution < -0.4 is 20.1 Å². The van der Waals surface area contributed by atoms with E-state index in [0.717, 1.165) is 22.9 Å². The van der Waals surface area contributed by atoms with Crippen molar-refractivity contribution in [2.45, 2.75) is 25.4 Å². The molecule has 2 aliphatic heterocycles. The molecular weight excluding hydrogens is 573 g/mol. The van der Waals surface area contributed by atoms with Gasteiger partial charge in [-0.1, -0.05) is 42.1 Å². The number of amides is 3. The lowest BCUT2D eigenvalue weighted by Gasteiger charge is -2.25. The van der Waals surface area contributed by atoms with Crippen molar-refractivity contribution >= 4 is 46.2 Å². The summed E-state index contributed by atoms with van der Waals surface area (Å²) in [6, 6.07) is 17.8. The van der Waals surface area contributed by atoms with Gasteiger partial charge >= 0.3 is 0 Å². The quantitative estimate of drug-likeness (QED) is 0.346. The Morgan fingerprint density at radius 3 is 2.47 bits per heavy atom. The molecule has 5 rings (SSSR count). The maximum Gasteiger partial charge on any atom is 0.259 e. The zero-order chi connectivity index (χ0) is 30.3. The summed E-state index contributed by atoms with van der Waals surface area (Å²) in [4.78, 5) is 49.5. The van der Waals surface area contributed by atoms with Crippen LogP contribution in [0.25, 0.3) is 0 Å². The molecule has 0 aromatic heterocycles. The molecule has 1 atom stereocenters. The van der Waals surface area contributed by atoms with Crippen molar-refractivity contribution < 1.29 is 28.2 Å². The monoisotopic (exact) mass is 603 g/mol. The van der Waals surface area contributed by atoms with Gasteiger partial charge in [-0.2, -0.15) is 0 Å². The number of methoxy groups -OCH3 is 2. The van der Waals surface area contributed by atoms with Crippen LogP contribution in [0, 0.1) is 5.82 Å². The van der Waals surface area contributed by atoms with Gasteiger partial charge in [-0.05, 0) is 53.9 Å². The number of aliphatic imine (C=N–C) groups is 2. The molecule has 3 amide bonds. The SMILES string of the molecule is COc1ccc(CCNC(=O)CSC2=Nc3ccccc3C3=N[C@@H](CC(=O)NCc4ccc(F)cc4)C(=O)N23)cc1OC. The molecule has 2 N–H and O–H groups in total. The maximum absolute atomic E-state index is 13.5. The van der Waals surface area contributed by atoms with Crippen molar-refractivity contribution in [3.05, 3.63) is 89.2 Å². The van der Waals surface area contributed by atoms with E-state index in [4.69, 9.17) is 9.47 Å². The first-order chi connectivity index (χ1) is 20.9. The van der Waals surface area contributed by atoms with Gasteiger partial charge in [-0.25, -0.2) is 14.3 Å². The molecule has 0 spiro atoms. The van der Waals surface area contributed by atoms with Crippen molar-refractivity contribution in [1.82, 2.24) is 15.5 Å². The van der Waals surface area contributed by atoms with Crippen LogP contribution in [-0.2, 0) is 27.3 Å². The summed E-state index contributed by atoms with van der Waals surface area (Å²) in [5.41, 5.74) is 3.02. The number of amidine groups is 2. The number of para-hydroxylation sites is 1. The van der Waals surface area contributed by atoms with E-state index in [1.165, 1.54) is 17.0 Å². The van der Waals surface area contributed by atoms with Gasteiger partial charge in [0.05, 0.1) is 32.1 Å². The fourth-order valence-corrected chi connectivity index (χ4v) is 5.48. The number of hydrogen-bond acceptors (Lipinski definition) is 8. The maximum atomic E-state index is 13.5. The summed E-state index contributed by atoms with van der Waals surface area (Å²) in [5, 5.41) is 5.98. The highest BCUT2D eigenvalue weighted by molar-refractivity contribution is 8.14. The Bertz CT molecular complexity index is 1590. The van der Waals surface area contributed by atoms with E-state index in [-0.39, 0.29) is 42.3 Å². The van der Waals surface area contributed by atoms with Gasteiger partial charge < -0.3 is 20.1 Å². The van der Waals surface area contributed by atoms with Crippen LogP contribution in [0.4, 0.5) is 10.1 Å². The molecule has 2 aliphatic rings. The molecule has 222 valence electrons. The Balaban J connectivity index is 1.19. The van der Waals surface area contributed by atoms with E-state index >= 15 is 0 Å². The van der Waals surface area contributed by atoms with Gasteiger partial charge in [-0.15, -0.1) is 0 Å². The molecule has 0 saturated heterocycles. The fraction of sp³-hybridized carbons (Fsp3) is 0.258. The number of halogens is 1. The largest absolute Gasteiger partial charge is 0.493 e. The molecule has 2 heterocycles. The summed E-state index contributed by atoms with van der Waals surface area (Å²) in [6.45, 7) is 0.613. The van der Waals surface area contributed by atoms with E-state index in [1.807, 2.05) is 42.5 Å². The molecule has 12 heteroatoms. The molecule has 0 aliphatic carbocycles. The summed E-state index contributed by atoms with van der Waals surface area (Å²) >= 11 is 1.13. The molecule has 0 unspecified atom stereocenters. The molecule has 0 radical (unpaired) electrons. The van der Waals surface area contributed by atoms with Crippen LogP contribution in [0.15, 0.2) is 76.7 Å². The number of nitrogens with one attached hydrogen (secondary N) is 2. The molecule has 3 aromatic rings. The van der Waals surface area contributed by atoms with Crippen molar-refractivity contribution in [1.29, 1.82) is 0 Å². The van der Waals surface area contributed by atoms with Crippen molar-refractivity contribution in [2.75, 3.05) is 26.5 Å².